The molecule has 1 aromatic rings. The maximum absolute atomic E-state index is 10.7. The number of esters is 1. The van der Waals surface area contributed by atoms with Gasteiger partial charge in [0.05, 0.1) is 19.7 Å². The van der Waals surface area contributed by atoms with Gasteiger partial charge < -0.3 is 29.8 Å². The molecule has 0 saturated heterocycles. The van der Waals surface area contributed by atoms with Crippen molar-refractivity contribution in [1.82, 2.24) is 15.1 Å². The number of primary amides is 1. The van der Waals surface area contributed by atoms with Gasteiger partial charge in [0.2, 0.25) is 11.5 Å². The molecule has 0 saturated carbocycles. The second-order valence-corrected chi connectivity index (χ2v) is 4.91. The molecule has 11 nitrogen and oxygen atoms in total. The van der Waals surface area contributed by atoms with E-state index in [1.165, 1.54) is 18.2 Å². The molecule has 1 aliphatic heterocycles. The van der Waals surface area contributed by atoms with Gasteiger partial charge in [-0.05, 0) is 14.1 Å². The minimum atomic E-state index is -0.891. The third kappa shape index (κ3) is 5.87. The van der Waals surface area contributed by atoms with Gasteiger partial charge in [-0.1, -0.05) is 0 Å². The van der Waals surface area contributed by atoms with Crippen LogP contribution in [0.3, 0.4) is 0 Å². The van der Waals surface area contributed by atoms with E-state index >= 15 is 0 Å². The van der Waals surface area contributed by atoms with Crippen LogP contribution in [0, 0.1) is 0 Å². The number of carbonyl (C=O) groups excluding carboxylic acids is 2. The maximum Gasteiger partial charge on any atom is 0.376 e. The summed E-state index contributed by atoms with van der Waals surface area (Å²) in [7, 11) is 5.02. The number of hydroxylamine groups is 2. The molecule has 11 heteroatoms. The molecule has 0 aliphatic carbocycles. The van der Waals surface area contributed by atoms with Crippen LogP contribution in [-0.2, 0) is 14.4 Å². The van der Waals surface area contributed by atoms with Gasteiger partial charge in [0, 0.05) is 12.6 Å². The average molecular weight is 344 g/mol. The lowest BCUT2D eigenvalue weighted by molar-refractivity contribution is -0.175. The Hall–Kier alpha value is -2.63. The SMILES string of the molecule is CN(C)CCN1OC(C(N)=O)=CC1O.COC(=O)c1cc(=O)[nH]o1. The predicted octanol–water partition coefficient (Wildman–Crippen LogP) is -1.76. The van der Waals surface area contributed by atoms with E-state index in [9.17, 15) is 19.5 Å². The smallest absolute Gasteiger partial charge is 0.376 e. The maximum atomic E-state index is 10.7. The molecular formula is C13H20N4O7. The number of methoxy groups -OCH3 is 1. The van der Waals surface area contributed by atoms with E-state index in [1.807, 2.05) is 24.2 Å². The third-order valence-electron chi connectivity index (χ3n) is 2.73. The Morgan fingerprint density at radius 2 is 2.17 bits per heavy atom. The first-order chi connectivity index (χ1) is 11.2. The normalized spacial score (nSPS) is 16.9. The number of nitrogens with one attached hydrogen (secondary N) is 1. The topological polar surface area (TPSA) is 151 Å². The summed E-state index contributed by atoms with van der Waals surface area (Å²) in [6, 6.07) is 1.02. The highest BCUT2D eigenvalue weighted by molar-refractivity contribution is 5.90. The number of aromatic nitrogens is 1. The van der Waals surface area contributed by atoms with Gasteiger partial charge in [-0.15, -0.1) is 5.06 Å². The van der Waals surface area contributed by atoms with Gasteiger partial charge in [-0.2, -0.15) is 5.16 Å². The summed E-state index contributed by atoms with van der Waals surface area (Å²) >= 11 is 0. The molecule has 134 valence electrons. The lowest BCUT2D eigenvalue weighted by Crippen LogP contribution is -2.35. The summed E-state index contributed by atoms with van der Waals surface area (Å²) in [6.07, 6.45) is 0.398. The van der Waals surface area contributed by atoms with Crippen LogP contribution in [-0.4, -0.2) is 72.6 Å². The largest absolute Gasteiger partial charge is 0.463 e. The second kappa shape index (κ2) is 8.86. The molecular weight excluding hydrogens is 324 g/mol. The number of ether oxygens (including phenoxy) is 1. The van der Waals surface area contributed by atoms with Gasteiger partial charge in [0.25, 0.3) is 11.5 Å². The first kappa shape index (κ1) is 19.4. The van der Waals surface area contributed by atoms with E-state index in [4.69, 9.17) is 10.6 Å². The Morgan fingerprint density at radius 1 is 1.50 bits per heavy atom. The Bertz CT molecular complexity index is 649. The van der Waals surface area contributed by atoms with Crippen LogP contribution < -0.4 is 11.3 Å². The molecule has 1 unspecified atom stereocenters. The minimum Gasteiger partial charge on any atom is -0.463 e. The standard InChI is InChI=1S/C8H15N3O3.C5H5NO4/c1-10(2)3-4-11-7(12)5-6(14-11)8(9)13;1-9-5(8)3-2-4(7)6-10-3/h5,7,12H,3-4H2,1-2H3,(H2,9,13);2H,1H3,(H,6,7). The number of hydrogen-bond donors (Lipinski definition) is 3. The lowest BCUT2D eigenvalue weighted by Gasteiger charge is -2.20. The predicted molar refractivity (Wildman–Crippen MR) is 80.3 cm³/mol. The fourth-order valence-corrected chi connectivity index (χ4v) is 1.52. The van der Waals surface area contributed by atoms with Crippen molar-refractivity contribution in [2.45, 2.75) is 6.23 Å². The zero-order chi connectivity index (χ0) is 18.3. The summed E-state index contributed by atoms with van der Waals surface area (Å²) in [4.78, 5) is 38.6. The molecule has 0 fully saturated rings. The zero-order valence-electron chi connectivity index (χ0n) is 13.5. The summed E-state index contributed by atoms with van der Waals surface area (Å²) < 4.78 is 8.66. The molecule has 4 N–H and O–H groups in total. The number of likely N-dealkylation sites (N-methyl/N-ethyl adjacent to an activating group) is 1. The quantitative estimate of drug-likeness (QED) is 0.527. The van der Waals surface area contributed by atoms with Gasteiger partial charge in [0.15, 0.2) is 6.23 Å². The van der Waals surface area contributed by atoms with Crippen LogP contribution in [0.5, 0.6) is 0 Å². The molecule has 0 spiro atoms. The van der Waals surface area contributed by atoms with E-state index in [1.54, 1.807) is 0 Å². The monoisotopic (exact) mass is 344 g/mol. The van der Waals surface area contributed by atoms with Gasteiger partial charge in [-0.25, -0.2) is 4.79 Å². The van der Waals surface area contributed by atoms with Crippen molar-refractivity contribution in [3.63, 3.8) is 0 Å². The second-order valence-electron chi connectivity index (χ2n) is 4.91. The van der Waals surface area contributed by atoms with E-state index in [-0.39, 0.29) is 11.5 Å². The first-order valence-electron chi connectivity index (χ1n) is 6.80. The van der Waals surface area contributed by atoms with Crippen molar-refractivity contribution in [1.29, 1.82) is 0 Å². The number of nitrogens with two attached hydrogens (primary N) is 1. The molecule has 2 heterocycles. The molecule has 2 rings (SSSR count). The fourth-order valence-electron chi connectivity index (χ4n) is 1.52. The number of amides is 1. The Morgan fingerprint density at radius 3 is 2.58 bits per heavy atom. The van der Waals surface area contributed by atoms with Crippen molar-refractivity contribution in [3.05, 3.63) is 34.0 Å². The molecule has 1 aliphatic rings. The number of carbonyl (C=O) groups is 2. The van der Waals surface area contributed by atoms with Gasteiger partial charge in [0.1, 0.15) is 0 Å². The van der Waals surface area contributed by atoms with Crippen LogP contribution >= 0.6 is 0 Å². The highest BCUT2D eigenvalue weighted by atomic mass is 16.7. The van der Waals surface area contributed by atoms with Crippen LogP contribution in [0.4, 0.5) is 0 Å². The molecule has 1 amide bonds. The van der Waals surface area contributed by atoms with E-state index < -0.39 is 23.7 Å². The molecule has 24 heavy (non-hydrogen) atoms. The average Bonchev–Trinajstić information content (AvgIpc) is 3.11. The van der Waals surface area contributed by atoms with Crippen molar-refractivity contribution in [2.75, 3.05) is 34.3 Å². The van der Waals surface area contributed by atoms with E-state index in [2.05, 4.69) is 9.26 Å². The number of hydrogen-bond acceptors (Lipinski definition) is 9. The number of aromatic amines is 1. The van der Waals surface area contributed by atoms with Crippen LogP contribution in [0.1, 0.15) is 10.6 Å². The van der Waals surface area contributed by atoms with Crippen LogP contribution in [0.15, 0.2) is 27.2 Å². The van der Waals surface area contributed by atoms with Gasteiger partial charge in [-0.3, -0.25) is 9.59 Å². The first-order valence-corrected chi connectivity index (χ1v) is 6.80. The van der Waals surface area contributed by atoms with Crippen molar-refractivity contribution >= 4 is 11.9 Å². The minimum absolute atomic E-state index is 0.00347. The molecule has 0 bridgehead atoms. The molecule has 0 aromatic carbocycles. The Balaban J connectivity index is 0.000000254. The molecule has 1 aromatic heterocycles. The van der Waals surface area contributed by atoms with Crippen molar-refractivity contribution in [2.24, 2.45) is 5.73 Å². The van der Waals surface area contributed by atoms with E-state index in [0.29, 0.717) is 6.54 Å². The number of nitrogens with zero attached hydrogens (tertiary/aromatic N) is 2. The summed E-state index contributed by atoms with van der Waals surface area (Å²) in [5.41, 5.74) is 4.54. The van der Waals surface area contributed by atoms with Crippen molar-refractivity contribution < 1.29 is 28.8 Å². The fraction of sp³-hybridized carbons (Fsp3) is 0.462. The Kier molecular flexibility index (Phi) is 7.17. The number of rotatable bonds is 5. The van der Waals surface area contributed by atoms with E-state index in [0.717, 1.165) is 12.6 Å². The zero-order valence-corrected chi connectivity index (χ0v) is 13.5. The lowest BCUT2D eigenvalue weighted by atomic mass is 10.4. The van der Waals surface area contributed by atoms with Gasteiger partial charge >= 0.3 is 5.97 Å². The Labute approximate surface area is 137 Å². The highest BCUT2D eigenvalue weighted by Crippen LogP contribution is 2.15. The van der Waals surface area contributed by atoms with Crippen LogP contribution in [0.25, 0.3) is 0 Å². The van der Waals surface area contributed by atoms with Crippen LogP contribution in [0.2, 0.25) is 0 Å². The number of H-pyrrole nitrogens is 1. The van der Waals surface area contributed by atoms with Crippen molar-refractivity contribution in [3.8, 4) is 0 Å². The third-order valence-corrected chi connectivity index (χ3v) is 2.73. The summed E-state index contributed by atoms with van der Waals surface area (Å²) in [6.45, 7) is 1.22. The number of aliphatic hydroxyl groups is 1. The summed E-state index contributed by atoms with van der Waals surface area (Å²) in [5, 5.41) is 12.7. The molecule has 1 atom stereocenters. The molecule has 0 radical (unpaired) electrons. The number of aliphatic hydroxyl groups excluding tert-OH is 1. The highest BCUT2D eigenvalue weighted by Gasteiger charge is 2.27. The summed E-state index contributed by atoms with van der Waals surface area (Å²) in [5.74, 6) is -1.46.